The van der Waals surface area contributed by atoms with Crippen LogP contribution in [0.25, 0.3) is 0 Å². The van der Waals surface area contributed by atoms with Crippen LogP contribution in [0.5, 0.6) is 0 Å². The Morgan fingerprint density at radius 1 is 1.18 bits per heavy atom. The van der Waals surface area contributed by atoms with Crippen molar-refractivity contribution in [2.75, 3.05) is 6.54 Å². The van der Waals surface area contributed by atoms with Crippen LogP contribution in [0.2, 0.25) is 0 Å². The van der Waals surface area contributed by atoms with Crippen molar-refractivity contribution in [3.8, 4) is 0 Å². The average molecular weight is 247 g/mol. The maximum atomic E-state index is 13.1. The van der Waals surface area contributed by atoms with Gasteiger partial charge in [0, 0.05) is 6.04 Å². The normalized spacial score (nSPS) is 21.5. The molecule has 2 rings (SSSR count). The van der Waals surface area contributed by atoms with Gasteiger partial charge in [0.25, 0.3) is 0 Å². The minimum Gasteiger partial charge on any atom is -0.310 e. The Morgan fingerprint density at radius 2 is 1.94 bits per heavy atom. The van der Waals surface area contributed by atoms with Crippen molar-refractivity contribution in [3.05, 3.63) is 35.1 Å². The van der Waals surface area contributed by atoms with Crippen LogP contribution in [0, 0.1) is 5.82 Å². The zero-order chi connectivity index (χ0) is 12.5. The second-order valence-corrected chi connectivity index (χ2v) is 4.23. The number of alkyl halides is 3. The van der Waals surface area contributed by atoms with Gasteiger partial charge in [-0.15, -0.1) is 0 Å². The van der Waals surface area contributed by atoms with E-state index in [2.05, 4.69) is 5.32 Å². The molecule has 94 valence electrons. The van der Waals surface area contributed by atoms with Gasteiger partial charge in [0.15, 0.2) is 0 Å². The van der Waals surface area contributed by atoms with Gasteiger partial charge in [-0.3, -0.25) is 0 Å². The molecule has 1 aromatic carbocycles. The molecule has 0 amide bonds. The highest BCUT2D eigenvalue weighted by molar-refractivity contribution is 5.33. The van der Waals surface area contributed by atoms with Crippen LogP contribution in [-0.4, -0.2) is 6.54 Å². The van der Waals surface area contributed by atoms with Gasteiger partial charge in [-0.05, 0) is 43.1 Å². The summed E-state index contributed by atoms with van der Waals surface area (Å²) in [5.41, 5.74) is -0.712. The molecular weight excluding hydrogens is 234 g/mol. The van der Waals surface area contributed by atoms with Crippen LogP contribution in [0.4, 0.5) is 17.6 Å². The van der Waals surface area contributed by atoms with Crippen molar-refractivity contribution in [2.24, 2.45) is 0 Å². The molecule has 1 heterocycles. The minimum atomic E-state index is -4.43. The summed E-state index contributed by atoms with van der Waals surface area (Å²) in [6.45, 7) is 0.679. The van der Waals surface area contributed by atoms with Crippen molar-refractivity contribution in [2.45, 2.75) is 31.5 Å². The van der Waals surface area contributed by atoms with Crippen LogP contribution in [0.3, 0.4) is 0 Å². The third kappa shape index (κ3) is 2.77. The predicted molar refractivity (Wildman–Crippen MR) is 56.0 cm³/mol. The van der Waals surface area contributed by atoms with Crippen molar-refractivity contribution in [3.63, 3.8) is 0 Å². The smallest absolute Gasteiger partial charge is 0.310 e. The van der Waals surface area contributed by atoms with Crippen LogP contribution >= 0.6 is 0 Å². The first-order valence-electron chi connectivity index (χ1n) is 5.58. The van der Waals surface area contributed by atoms with Crippen LogP contribution in [-0.2, 0) is 6.18 Å². The molecule has 0 unspecified atom stereocenters. The Bertz CT molecular complexity index is 394. The lowest BCUT2D eigenvalue weighted by Crippen LogP contribution is -2.28. The SMILES string of the molecule is Fc1ccc(C(F)(F)F)c([C@H]2CCCCN2)c1. The van der Waals surface area contributed by atoms with Crippen molar-refractivity contribution < 1.29 is 17.6 Å². The number of piperidine rings is 1. The van der Waals surface area contributed by atoms with Gasteiger partial charge < -0.3 is 5.32 Å². The number of nitrogens with one attached hydrogen (secondary N) is 1. The number of hydrogen-bond donors (Lipinski definition) is 1. The molecule has 0 radical (unpaired) electrons. The molecule has 0 saturated carbocycles. The fraction of sp³-hybridized carbons (Fsp3) is 0.500. The molecule has 0 spiro atoms. The minimum absolute atomic E-state index is 0.0252. The third-order valence-corrected chi connectivity index (χ3v) is 3.00. The fourth-order valence-electron chi connectivity index (χ4n) is 2.20. The number of hydrogen-bond acceptors (Lipinski definition) is 1. The first-order chi connectivity index (χ1) is 7.98. The number of halogens is 4. The molecule has 1 nitrogen and oxygen atoms in total. The largest absolute Gasteiger partial charge is 0.416 e. The Hall–Kier alpha value is -1.10. The molecule has 1 fully saturated rings. The summed E-state index contributed by atoms with van der Waals surface area (Å²) >= 11 is 0. The van der Waals surface area contributed by atoms with E-state index in [0.717, 1.165) is 31.0 Å². The molecular formula is C12H13F4N. The standard InChI is InChI=1S/C12H13F4N/c13-8-4-5-10(12(14,15)16)9(7-8)11-3-1-2-6-17-11/h4-5,7,11,17H,1-3,6H2/t11-/m1/s1. The highest BCUT2D eigenvalue weighted by atomic mass is 19.4. The predicted octanol–water partition coefficient (Wildman–Crippen LogP) is 3.66. The molecule has 5 heteroatoms. The Kier molecular flexibility index (Phi) is 3.38. The topological polar surface area (TPSA) is 12.0 Å². The summed E-state index contributed by atoms with van der Waals surface area (Å²) < 4.78 is 51.4. The van der Waals surface area contributed by atoms with E-state index in [-0.39, 0.29) is 5.56 Å². The average Bonchev–Trinajstić information content (AvgIpc) is 2.28. The van der Waals surface area contributed by atoms with E-state index < -0.39 is 23.6 Å². The molecule has 0 bridgehead atoms. The van der Waals surface area contributed by atoms with E-state index >= 15 is 0 Å². The second-order valence-electron chi connectivity index (χ2n) is 4.23. The van der Waals surface area contributed by atoms with Gasteiger partial charge in [-0.2, -0.15) is 13.2 Å². The highest BCUT2D eigenvalue weighted by Gasteiger charge is 2.35. The first-order valence-corrected chi connectivity index (χ1v) is 5.58. The fourth-order valence-corrected chi connectivity index (χ4v) is 2.20. The quantitative estimate of drug-likeness (QED) is 0.747. The Balaban J connectivity index is 2.39. The lowest BCUT2D eigenvalue weighted by atomic mass is 9.93. The molecule has 0 aliphatic carbocycles. The van der Waals surface area contributed by atoms with Gasteiger partial charge in [0.1, 0.15) is 5.82 Å². The number of rotatable bonds is 1. The zero-order valence-electron chi connectivity index (χ0n) is 9.15. The van der Waals surface area contributed by atoms with E-state index in [1.807, 2.05) is 0 Å². The molecule has 1 aliphatic rings. The Morgan fingerprint density at radius 3 is 2.53 bits per heavy atom. The molecule has 1 saturated heterocycles. The molecule has 1 aliphatic heterocycles. The van der Waals surface area contributed by atoms with Gasteiger partial charge in [0.2, 0.25) is 0 Å². The van der Waals surface area contributed by atoms with E-state index in [1.54, 1.807) is 0 Å². The van der Waals surface area contributed by atoms with Gasteiger partial charge >= 0.3 is 6.18 Å². The third-order valence-electron chi connectivity index (χ3n) is 3.00. The molecule has 1 aromatic rings. The van der Waals surface area contributed by atoms with Crippen molar-refractivity contribution >= 4 is 0 Å². The maximum Gasteiger partial charge on any atom is 0.416 e. The second kappa shape index (κ2) is 4.64. The van der Waals surface area contributed by atoms with E-state index in [4.69, 9.17) is 0 Å². The monoisotopic (exact) mass is 247 g/mol. The maximum absolute atomic E-state index is 13.1. The summed E-state index contributed by atoms with van der Waals surface area (Å²) in [7, 11) is 0. The molecule has 0 aromatic heterocycles. The highest BCUT2D eigenvalue weighted by Crippen LogP contribution is 2.37. The molecule has 1 N–H and O–H groups in total. The van der Waals surface area contributed by atoms with Crippen molar-refractivity contribution in [1.29, 1.82) is 0 Å². The van der Waals surface area contributed by atoms with Crippen LogP contribution < -0.4 is 5.32 Å². The zero-order valence-corrected chi connectivity index (χ0v) is 9.15. The van der Waals surface area contributed by atoms with E-state index in [0.29, 0.717) is 13.0 Å². The van der Waals surface area contributed by atoms with Gasteiger partial charge in [0.05, 0.1) is 5.56 Å². The van der Waals surface area contributed by atoms with Crippen LogP contribution in [0.1, 0.15) is 36.4 Å². The van der Waals surface area contributed by atoms with E-state index in [1.165, 1.54) is 0 Å². The van der Waals surface area contributed by atoms with Gasteiger partial charge in [-0.1, -0.05) is 6.42 Å². The first kappa shape index (κ1) is 12.4. The summed E-state index contributed by atoms with van der Waals surface area (Å²) in [5, 5.41) is 3.01. The number of benzene rings is 1. The summed E-state index contributed by atoms with van der Waals surface area (Å²) in [4.78, 5) is 0. The lowest BCUT2D eigenvalue weighted by Gasteiger charge is -2.26. The molecule has 1 atom stereocenters. The summed E-state index contributed by atoms with van der Waals surface area (Å²) in [5.74, 6) is -0.625. The van der Waals surface area contributed by atoms with Crippen molar-refractivity contribution in [1.82, 2.24) is 5.32 Å². The lowest BCUT2D eigenvalue weighted by molar-refractivity contribution is -0.138. The van der Waals surface area contributed by atoms with Gasteiger partial charge in [-0.25, -0.2) is 4.39 Å². The molecule has 17 heavy (non-hydrogen) atoms. The van der Waals surface area contributed by atoms with E-state index in [9.17, 15) is 17.6 Å². The Labute approximate surface area is 96.8 Å². The summed E-state index contributed by atoms with van der Waals surface area (Å²) in [6.07, 6.45) is -1.99. The van der Waals surface area contributed by atoms with Crippen LogP contribution in [0.15, 0.2) is 18.2 Å². The summed E-state index contributed by atoms with van der Waals surface area (Å²) in [6, 6.07) is 2.28.